The van der Waals surface area contributed by atoms with Crippen LogP contribution in [0.15, 0.2) is 48.5 Å². The second-order valence-corrected chi connectivity index (χ2v) is 5.48. The summed E-state index contributed by atoms with van der Waals surface area (Å²) >= 11 is 0. The molecule has 0 spiro atoms. The van der Waals surface area contributed by atoms with E-state index in [9.17, 15) is 10.2 Å². The molecule has 0 radical (unpaired) electrons. The third-order valence-electron chi connectivity index (χ3n) is 3.78. The largest absolute Gasteiger partial charge is 0.508 e. The van der Waals surface area contributed by atoms with Gasteiger partial charge in [-0.25, -0.2) is 9.78 Å². The lowest BCUT2D eigenvalue weighted by molar-refractivity contribution is -0.358. The number of para-hydroxylation sites is 2. The van der Waals surface area contributed by atoms with Gasteiger partial charge in [-0.15, -0.1) is 0 Å². The van der Waals surface area contributed by atoms with E-state index in [2.05, 4.69) is 6.92 Å². The highest BCUT2D eigenvalue weighted by Gasteiger charge is 2.20. The molecule has 4 nitrogen and oxygen atoms in total. The molecule has 0 saturated heterocycles. The maximum atomic E-state index is 10.0. The third kappa shape index (κ3) is 4.47. The molecule has 2 rings (SSSR count). The molecule has 2 atom stereocenters. The zero-order valence-corrected chi connectivity index (χ0v) is 13.6. The molecular weight excluding hydrogens is 292 g/mol. The van der Waals surface area contributed by atoms with Crippen molar-refractivity contribution in [3.8, 4) is 11.5 Å². The Bertz CT molecular complexity index is 612. The number of hydrogen-bond acceptors (Lipinski definition) is 4. The summed E-state index contributed by atoms with van der Waals surface area (Å²) in [6.07, 6.45) is 1.59. The summed E-state index contributed by atoms with van der Waals surface area (Å²) in [5.74, 6) is 0.391. The first-order valence-corrected chi connectivity index (χ1v) is 8.05. The van der Waals surface area contributed by atoms with Crippen molar-refractivity contribution in [1.82, 2.24) is 0 Å². The maximum absolute atomic E-state index is 10.0. The summed E-state index contributed by atoms with van der Waals surface area (Å²) < 4.78 is 0. The van der Waals surface area contributed by atoms with Gasteiger partial charge in [-0.3, -0.25) is 0 Å². The van der Waals surface area contributed by atoms with Crippen LogP contribution in [0.5, 0.6) is 11.5 Å². The first-order valence-electron chi connectivity index (χ1n) is 8.05. The van der Waals surface area contributed by atoms with Crippen LogP contribution in [0.25, 0.3) is 0 Å². The molecule has 0 aliphatic carbocycles. The minimum Gasteiger partial charge on any atom is -0.508 e. The van der Waals surface area contributed by atoms with Crippen molar-refractivity contribution in [2.24, 2.45) is 0 Å². The van der Waals surface area contributed by atoms with Crippen molar-refractivity contribution < 1.29 is 20.0 Å². The van der Waals surface area contributed by atoms with Crippen LogP contribution in [-0.2, 0) is 9.78 Å². The summed E-state index contributed by atoms with van der Waals surface area (Å²) in [4.78, 5) is 11.3. The smallest absolute Gasteiger partial charge is 0.121 e. The van der Waals surface area contributed by atoms with E-state index in [1.165, 1.54) is 0 Å². The van der Waals surface area contributed by atoms with Gasteiger partial charge in [-0.2, -0.15) is 0 Å². The zero-order valence-electron chi connectivity index (χ0n) is 13.6. The molecule has 0 aliphatic heterocycles. The number of rotatable bonds is 8. The van der Waals surface area contributed by atoms with Gasteiger partial charge >= 0.3 is 0 Å². The van der Waals surface area contributed by atoms with E-state index in [1.807, 2.05) is 31.2 Å². The average Bonchev–Trinajstić information content (AvgIpc) is 2.56. The monoisotopic (exact) mass is 316 g/mol. The van der Waals surface area contributed by atoms with Crippen LogP contribution in [0.3, 0.4) is 0 Å². The van der Waals surface area contributed by atoms with E-state index in [0.29, 0.717) is 17.5 Å². The molecule has 0 amide bonds. The zero-order chi connectivity index (χ0) is 16.7. The molecule has 2 unspecified atom stereocenters. The van der Waals surface area contributed by atoms with Gasteiger partial charge in [0.05, 0.1) is 0 Å². The number of hydrogen-bond donors (Lipinski definition) is 2. The van der Waals surface area contributed by atoms with Gasteiger partial charge in [0.2, 0.25) is 0 Å². The van der Waals surface area contributed by atoms with Gasteiger partial charge < -0.3 is 10.2 Å². The van der Waals surface area contributed by atoms with Gasteiger partial charge in [0, 0.05) is 11.1 Å². The summed E-state index contributed by atoms with van der Waals surface area (Å²) in [7, 11) is 0. The lowest BCUT2D eigenvalue weighted by Gasteiger charge is -2.22. The van der Waals surface area contributed by atoms with Crippen LogP contribution in [0.1, 0.15) is 56.4 Å². The van der Waals surface area contributed by atoms with Crippen molar-refractivity contribution in [2.45, 2.75) is 45.3 Å². The highest BCUT2D eigenvalue weighted by Crippen LogP contribution is 2.34. The Balaban J connectivity index is 2.11. The second kappa shape index (κ2) is 8.56. The Morgan fingerprint density at radius 3 is 1.74 bits per heavy atom. The average molecular weight is 316 g/mol. The summed E-state index contributed by atoms with van der Waals surface area (Å²) in [5, 5.41) is 20.0. The summed E-state index contributed by atoms with van der Waals surface area (Å²) in [6.45, 7) is 4.02. The summed E-state index contributed by atoms with van der Waals surface area (Å²) in [6, 6.07) is 14.2. The van der Waals surface area contributed by atoms with Crippen LogP contribution < -0.4 is 0 Å². The molecule has 0 aromatic heterocycles. The molecule has 0 bridgehead atoms. The number of aromatic hydroxyl groups is 2. The fourth-order valence-corrected chi connectivity index (χ4v) is 2.51. The normalized spacial score (nSPS) is 13.7. The molecule has 2 aromatic carbocycles. The molecule has 2 N–H and O–H groups in total. The minimum atomic E-state index is -0.360. The number of benzene rings is 2. The molecule has 0 fully saturated rings. The Kier molecular flexibility index (Phi) is 6.44. The number of phenolic OH excluding ortho intramolecular Hbond substituents is 2. The molecule has 0 heterocycles. The number of phenols is 2. The third-order valence-corrected chi connectivity index (χ3v) is 3.78. The molecule has 23 heavy (non-hydrogen) atoms. The Morgan fingerprint density at radius 2 is 1.26 bits per heavy atom. The molecule has 124 valence electrons. The van der Waals surface area contributed by atoms with Crippen LogP contribution in [-0.4, -0.2) is 10.2 Å². The van der Waals surface area contributed by atoms with E-state index in [-0.39, 0.29) is 23.7 Å². The highest BCUT2D eigenvalue weighted by atomic mass is 17.2. The van der Waals surface area contributed by atoms with Gasteiger partial charge in [0.15, 0.2) is 0 Å². The van der Waals surface area contributed by atoms with Gasteiger partial charge in [-0.05, 0) is 25.0 Å². The quantitative estimate of drug-likeness (QED) is 0.529. The standard InChI is InChI=1S/C19H24O4/c1-3-9-19(15-11-6-8-13-17(15)21)23-22-18(4-2)14-10-5-7-12-16(14)20/h5-8,10-13,18-21H,3-4,9H2,1-2H3. The maximum Gasteiger partial charge on any atom is 0.121 e. The SMILES string of the molecule is CCCC(OOC(CC)c1ccccc1O)c1ccccc1O. The van der Waals surface area contributed by atoms with Crippen LogP contribution >= 0.6 is 0 Å². The van der Waals surface area contributed by atoms with E-state index < -0.39 is 0 Å². The van der Waals surface area contributed by atoms with E-state index in [4.69, 9.17) is 9.78 Å². The Morgan fingerprint density at radius 1 is 0.783 bits per heavy atom. The van der Waals surface area contributed by atoms with Crippen molar-refractivity contribution in [1.29, 1.82) is 0 Å². The molecule has 4 heteroatoms. The topological polar surface area (TPSA) is 58.9 Å². The first-order chi connectivity index (χ1) is 11.2. The van der Waals surface area contributed by atoms with Crippen molar-refractivity contribution >= 4 is 0 Å². The van der Waals surface area contributed by atoms with Crippen molar-refractivity contribution in [2.75, 3.05) is 0 Å². The molecule has 2 aromatic rings. The lowest BCUT2D eigenvalue weighted by Crippen LogP contribution is -2.10. The second-order valence-electron chi connectivity index (χ2n) is 5.48. The van der Waals surface area contributed by atoms with Crippen molar-refractivity contribution in [3.05, 3.63) is 59.7 Å². The fourth-order valence-electron chi connectivity index (χ4n) is 2.51. The van der Waals surface area contributed by atoms with Gasteiger partial charge in [-0.1, -0.05) is 56.7 Å². The van der Waals surface area contributed by atoms with E-state index in [0.717, 1.165) is 12.8 Å². The predicted molar refractivity (Wildman–Crippen MR) is 89.1 cm³/mol. The van der Waals surface area contributed by atoms with Gasteiger partial charge in [0.25, 0.3) is 0 Å². The lowest BCUT2D eigenvalue weighted by atomic mass is 10.0. The van der Waals surface area contributed by atoms with Crippen LogP contribution in [0.2, 0.25) is 0 Å². The van der Waals surface area contributed by atoms with Gasteiger partial charge in [0.1, 0.15) is 23.7 Å². The van der Waals surface area contributed by atoms with Crippen molar-refractivity contribution in [3.63, 3.8) is 0 Å². The predicted octanol–water partition coefficient (Wildman–Crippen LogP) is 5.04. The Hall–Kier alpha value is -2.04. The Labute approximate surface area is 137 Å². The highest BCUT2D eigenvalue weighted by molar-refractivity contribution is 5.34. The van der Waals surface area contributed by atoms with E-state index >= 15 is 0 Å². The fraction of sp³-hybridized carbons (Fsp3) is 0.368. The molecule has 0 aliphatic rings. The minimum absolute atomic E-state index is 0.192. The van der Waals surface area contributed by atoms with Crippen LogP contribution in [0, 0.1) is 0 Å². The van der Waals surface area contributed by atoms with Crippen LogP contribution in [0.4, 0.5) is 0 Å². The van der Waals surface area contributed by atoms with E-state index in [1.54, 1.807) is 24.3 Å². The molecule has 0 saturated carbocycles. The molecular formula is C19H24O4. The summed E-state index contributed by atoms with van der Waals surface area (Å²) in [5.41, 5.74) is 1.41. The first kappa shape index (κ1) is 17.3.